The Bertz CT molecular complexity index is 440. The molecule has 1 unspecified atom stereocenters. The summed E-state index contributed by atoms with van der Waals surface area (Å²) in [6, 6.07) is 0. The van der Waals surface area contributed by atoms with Crippen LogP contribution < -0.4 is 0 Å². The fourth-order valence-corrected chi connectivity index (χ4v) is 2.95. The minimum atomic E-state index is -0.732. The molecule has 0 aromatic carbocycles. The number of carbonyl (C=O) groups is 2. The first-order valence-electron chi connectivity index (χ1n) is 11.3. The Labute approximate surface area is 172 Å². The van der Waals surface area contributed by atoms with Gasteiger partial charge >= 0.3 is 11.9 Å². The highest BCUT2D eigenvalue weighted by molar-refractivity contribution is 5.69. The highest BCUT2D eigenvalue weighted by Crippen LogP contribution is 2.13. The first-order valence-corrected chi connectivity index (χ1v) is 11.3. The molecule has 0 aliphatic heterocycles. The average molecular weight is 395 g/mol. The number of unbranched alkanes of at least 4 members (excludes halogenated alkanes) is 8. The zero-order valence-electron chi connectivity index (χ0n) is 18.2. The van der Waals surface area contributed by atoms with Gasteiger partial charge < -0.3 is 9.84 Å². The Balaban J connectivity index is 4.24. The summed E-state index contributed by atoms with van der Waals surface area (Å²) >= 11 is 0. The molecule has 0 aromatic rings. The Kier molecular flexibility index (Phi) is 19.0. The molecule has 0 amide bonds. The van der Waals surface area contributed by atoms with Crippen molar-refractivity contribution in [2.75, 3.05) is 0 Å². The maximum absolute atomic E-state index is 12.0. The molecule has 0 saturated heterocycles. The van der Waals surface area contributed by atoms with Crippen molar-refractivity contribution < 1.29 is 19.4 Å². The van der Waals surface area contributed by atoms with E-state index in [-0.39, 0.29) is 18.5 Å². The predicted molar refractivity (Wildman–Crippen MR) is 116 cm³/mol. The molecular formula is C24H42O4. The molecule has 0 fully saturated rings. The van der Waals surface area contributed by atoms with Crippen LogP contribution >= 0.6 is 0 Å². The Morgan fingerprint density at radius 1 is 0.821 bits per heavy atom. The first-order chi connectivity index (χ1) is 13.6. The second kappa shape index (κ2) is 20.2. The Hall–Kier alpha value is -1.58. The molecule has 0 heterocycles. The van der Waals surface area contributed by atoms with Crippen LogP contribution in [0.4, 0.5) is 0 Å². The molecule has 0 radical (unpaired) electrons. The summed E-state index contributed by atoms with van der Waals surface area (Å²) in [6.45, 7) is 4.33. The molecule has 0 aromatic heterocycles. The van der Waals surface area contributed by atoms with Gasteiger partial charge in [0.25, 0.3) is 0 Å². The van der Waals surface area contributed by atoms with E-state index in [0.29, 0.717) is 6.42 Å². The van der Waals surface area contributed by atoms with E-state index < -0.39 is 5.97 Å². The molecule has 1 N–H and O–H groups in total. The normalized spacial score (nSPS) is 12.6. The number of carbonyl (C=O) groups excluding carboxylic acids is 1. The fraction of sp³-hybridized carbons (Fsp3) is 0.750. The minimum absolute atomic E-state index is 0.107. The summed E-state index contributed by atoms with van der Waals surface area (Å²) in [6.07, 6.45) is 22.3. The van der Waals surface area contributed by atoms with Crippen molar-refractivity contribution in [3.63, 3.8) is 0 Å². The summed E-state index contributed by atoms with van der Waals surface area (Å²) in [5.74, 6) is -0.839. The van der Waals surface area contributed by atoms with Gasteiger partial charge in [0, 0.05) is 12.8 Å². The lowest BCUT2D eigenvalue weighted by molar-refractivity contribution is -0.147. The summed E-state index contributed by atoms with van der Waals surface area (Å²) in [5, 5.41) is 8.68. The van der Waals surface area contributed by atoms with Gasteiger partial charge in [0.05, 0.1) is 0 Å². The molecular weight excluding hydrogens is 352 g/mol. The third kappa shape index (κ3) is 19.2. The maximum Gasteiger partial charge on any atom is 0.306 e. The number of aliphatic carboxylic acids is 1. The number of rotatable bonds is 19. The lowest BCUT2D eigenvalue weighted by Gasteiger charge is -2.14. The van der Waals surface area contributed by atoms with Crippen molar-refractivity contribution in [3.05, 3.63) is 24.3 Å². The van der Waals surface area contributed by atoms with E-state index in [2.05, 4.69) is 32.1 Å². The van der Waals surface area contributed by atoms with Gasteiger partial charge in [0.1, 0.15) is 6.10 Å². The third-order valence-electron chi connectivity index (χ3n) is 4.66. The van der Waals surface area contributed by atoms with E-state index in [1.807, 2.05) is 6.08 Å². The standard InChI is InChI=1S/C24H42O4/c1-3-5-7-8-9-10-11-15-18-22(28-24(27)21-14-6-4-2)19-16-12-13-17-20-23(25)26/h9-10,15,18,22H,3-8,11-14,16-17,19-21H2,1-2H3,(H,25,26)/b10-9-,18-15-. The summed E-state index contributed by atoms with van der Waals surface area (Å²) in [7, 11) is 0. The molecule has 4 heteroatoms. The fourth-order valence-electron chi connectivity index (χ4n) is 2.95. The van der Waals surface area contributed by atoms with Gasteiger partial charge in [-0.15, -0.1) is 0 Å². The number of allylic oxidation sites excluding steroid dienone is 3. The summed E-state index contributed by atoms with van der Waals surface area (Å²) < 4.78 is 5.66. The SMILES string of the molecule is CCCCC/C=C\C/C=C\C(CCCCCCC(=O)O)OC(=O)CCCCC. The minimum Gasteiger partial charge on any atom is -0.481 e. The lowest BCUT2D eigenvalue weighted by Crippen LogP contribution is -2.16. The molecule has 0 aliphatic carbocycles. The Morgan fingerprint density at radius 2 is 1.50 bits per heavy atom. The molecule has 0 spiro atoms. The number of hydrogen-bond donors (Lipinski definition) is 1. The molecule has 4 nitrogen and oxygen atoms in total. The third-order valence-corrected chi connectivity index (χ3v) is 4.66. The van der Waals surface area contributed by atoms with E-state index in [1.54, 1.807) is 0 Å². The van der Waals surface area contributed by atoms with Crippen LogP contribution in [0.15, 0.2) is 24.3 Å². The largest absolute Gasteiger partial charge is 0.481 e. The van der Waals surface area contributed by atoms with Gasteiger partial charge in [-0.05, 0) is 51.0 Å². The maximum atomic E-state index is 12.0. The van der Waals surface area contributed by atoms with Gasteiger partial charge in [-0.3, -0.25) is 9.59 Å². The van der Waals surface area contributed by atoms with Crippen LogP contribution in [0.5, 0.6) is 0 Å². The van der Waals surface area contributed by atoms with Gasteiger partial charge in [0.15, 0.2) is 0 Å². The smallest absolute Gasteiger partial charge is 0.306 e. The van der Waals surface area contributed by atoms with Crippen molar-refractivity contribution in [1.82, 2.24) is 0 Å². The van der Waals surface area contributed by atoms with E-state index in [1.165, 1.54) is 19.3 Å². The number of esters is 1. The number of ether oxygens (including phenoxy) is 1. The van der Waals surface area contributed by atoms with Crippen molar-refractivity contribution in [2.24, 2.45) is 0 Å². The molecule has 0 saturated carbocycles. The molecule has 0 rings (SSSR count). The van der Waals surface area contributed by atoms with E-state index >= 15 is 0 Å². The van der Waals surface area contributed by atoms with E-state index in [9.17, 15) is 9.59 Å². The zero-order valence-corrected chi connectivity index (χ0v) is 18.2. The number of carboxylic acid groups (broad SMARTS) is 1. The van der Waals surface area contributed by atoms with Crippen molar-refractivity contribution >= 4 is 11.9 Å². The van der Waals surface area contributed by atoms with Crippen molar-refractivity contribution in [3.8, 4) is 0 Å². The van der Waals surface area contributed by atoms with Crippen LogP contribution in [0.2, 0.25) is 0 Å². The van der Waals surface area contributed by atoms with Crippen molar-refractivity contribution in [1.29, 1.82) is 0 Å². The predicted octanol–water partition coefficient (Wildman–Crippen LogP) is 6.99. The van der Waals surface area contributed by atoms with Crippen molar-refractivity contribution in [2.45, 2.75) is 116 Å². The van der Waals surface area contributed by atoms with E-state index in [4.69, 9.17) is 9.84 Å². The highest BCUT2D eigenvalue weighted by Gasteiger charge is 2.11. The molecule has 162 valence electrons. The highest BCUT2D eigenvalue weighted by atomic mass is 16.5. The van der Waals surface area contributed by atoms with Gasteiger partial charge in [0.2, 0.25) is 0 Å². The van der Waals surface area contributed by atoms with E-state index in [0.717, 1.165) is 64.2 Å². The van der Waals surface area contributed by atoms with Crippen LogP contribution in [0, 0.1) is 0 Å². The average Bonchev–Trinajstić information content (AvgIpc) is 2.66. The monoisotopic (exact) mass is 394 g/mol. The van der Waals surface area contributed by atoms with Crippen LogP contribution in [0.25, 0.3) is 0 Å². The van der Waals surface area contributed by atoms with Crippen LogP contribution in [0.1, 0.15) is 110 Å². The van der Waals surface area contributed by atoms with Crippen LogP contribution in [-0.4, -0.2) is 23.1 Å². The molecule has 0 bridgehead atoms. The van der Waals surface area contributed by atoms with Crippen LogP contribution in [-0.2, 0) is 14.3 Å². The summed E-state index contributed by atoms with van der Waals surface area (Å²) in [4.78, 5) is 22.6. The second-order valence-corrected chi connectivity index (χ2v) is 7.46. The van der Waals surface area contributed by atoms with Gasteiger partial charge in [-0.25, -0.2) is 0 Å². The summed E-state index contributed by atoms with van der Waals surface area (Å²) in [5.41, 5.74) is 0. The molecule has 1 atom stereocenters. The van der Waals surface area contributed by atoms with Gasteiger partial charge in [-0.1, -0.05) is 70.6 Å². The lowest BCUT2D eigenvalue weighted by atomic mass is 10.1. The number of carboxylic acids is 1. The van der Waals surface area contributed by atoms with Crippen LogP contribution in [0.3, 0.4) is 0 Å². The molecule has 28 heavy (non-hydrogen) atoms. The quantitative estimate of drug-likeness (QED) is 0.146. The zero-order chi connectivity index (χ0) is 20.9. The number of hydrogen-bond acceptors (Lipinski definition) is 3. The first kappa shape index (κ1) is 26.4. The second-order valence-electron chi connectivity index (χ2n) is 7.46. The topological polar surface area (TPSA) is 63.6 Å². The Morgan fingerprint density at radius 3 is 2.21 bits per heavy atom. The molecule has 0 aliphatic rings. The van der Waals surface area contributed by atoms with Gasteiger partial charge in [-0.2, -0.15) is 0 Å².